The number of aliphatic hydroxyl groups excluding tert-OH is 1. The standard InChI is InChI=1S/C46H62N2O5/c1-28(2)32-17-22-46(41(53)48-26-29-11-10-13-30(25-29)39(50)47-27-31-12-8-9-14-33(31)40(51)52)24-23-44(6)34(38(32)46)15-16-36-43(5)20-19-37(49)42(3,4)35(43)18-21-45(36,44)7/h8-14,25,32,34-38,49H,1,15-24,26-27H2,2-7H3,(H,47,50)(H,48,53)(H,51,52)/t32-,34?,35?,36?,37?,38?,43?,44+,45?,46?/m0/s1. The summed E-state index contributed by atoms with van der Waals surface area (Å²) in [6, 6.07) is 14.0. The minimum Gasteiger partial charge on any atom is -0.478 e. The van der Waals surface area contributed by atoms with Gasteiger partial charge in [-0.3, -0.25) is 9.59 Å². The van der Waals surface area contributed by atoms with Gasteiger partial charge in [-0.2, -0.15) is 0 Å². The Morgan fingerprint density at radius 1 is 0.792 bits per heavy atom. The zero-order chi connectivity index (χ0) is 38.1. The predicted octanol–water partition coefficient (Wildman–Crippen LogP) is 8.95. The van der Waals surface area contributed by atoms with Gasteiger partial charge in [0.2, 0.25) is 5.91 Å². The second-order valence-electron chi connectivity index (χ2n) is 19.2. The van der Waals surface area contributed by atoms with Crippen molar-refractivity contribution in [2.45, 2.75) is 125 Å². The fourth-order valence-electron chi connectivity index (χ4n) is 13.9. The largest absolute Gasteiger partial charge is 0.478 e. The monoisotopic (exact) mass is 722 g/mol. The Kier molecular flexibility index (Phi) is 9.56. The lowest BCUT2D eigenvalue weighted by Crippen LogP contribution is -2.67. The van der Waals surface area contributed by atoms with Crippen LogP contribution < -0.4 is 10.6 Å². The Hall–Kier alpha value is -3.45. The summed E-state index contributed by atoms with van der Waals surface area (Å²) in [6.07, 6.45) is 10.3. The van der Waals surface area contributed by atoms with Gasteiger partial charge in [0.05, 0.1) is 17.1 Å². The molecule has 0 radical (unpaired) electrons. The van der Waals surface area contributed by atoms with Crippen molar-refractivity contribution in [1.29, 1.82) is 0 Å². The molecular formula is C46H62N2O5. The minimum atomic E-state index is -1.03. The van der Waals surface area contributed by atoms with Gasteiger partial charge in [-0.25, -0.2) is 4.79 Å². The normalized spacial score (nSPS) is 38.3. The van der Waals surface area contributed by atoms with E-state index in [2.05, 4.69) is 58.8 Å². The first-order valence-electron chi connectivity index (χ1n) is 20.3. The summed E-state index contributed by atoms with van der Waals surface area (Å²) in [5.74, 6) is 1.03. The van der Waals surface area contributed by atoms with E-state index in [4.69, 9.17) is 0 Å². The quantitative estimate of drug-likeness (QED) is 0.203. The maximum Gasteiger partial charge on any atom is 0.336 e. The number of aliphatic hydroxyl groups is 1. The summed E-state index contributed by atoms with van der Waals surface area (Å²) < 4.78 is 0. The summed E-state index contributed by atoms with van der Waals surface area (Å²) in [6.45, 7) is 19.6. The fourth-order valence-corrected chi connectivity index (χ4v) is 13.9. The summed E-state index contributed by atoms with van der Waals surface area (Å²) in [5.41, 5.74) is 3.29. The lowest BCUT2D eigenvalue weighted by Gasteiger charge is -2.72. The maximum atomic E-state index is 14.7. The first-order valence-corrected chi connectivity index (χ1v) is 20.3. The van der Waals surface area contributed by atoms with Crippen molar-refractivity contribution in [1.82, 2.24) is 10.6 Å². The molecule has 8 unspecified atom stereocenters. The SMILES string of the molecule is C=C(C)[C@@H]1CCC2(C(=O)NCc3cccc(C(=O)NCc4ccccc4C(=O)O)c3)CC[C@]3(C)C(CCC4C5(C)CCC(O)C(C)(C)C5CCC43C)C12. The lowest BCUT2D eigenvalue weighted by atomic mass is 9.32. The Morgan fingerprint density at radius 2 is 1.55 bits per heavy atom. The topological polar surface area (TPSA) is 116 Å². The third kappa shape index (κ3) is 5.81. The molecule has 2 amide bonds. The highest BCUT2D eigenvalue weighted by molar-refractivity contribution is 5.95. The van der Waals surface area contributed by atoms with Crippen LogP contribution in [0.1, 0.15) is 138 Å². The number of nitrogens with one attached hydrogen (secondary N) is 2. The number of carbonyl (C=O) groups is 3. The molecule has 0 saturated heterocycles. The van der Waals surface area contributed by atoms with Gasteiger partial charge in [0, 0.05) is 18.7 Å². The first-order chi connectivity index (χ1) is 25.0. The van der Waals surface area contributed by atoms with E-state index in [1.807, 2.05) is 18.2 Å². The van der Waals surface area contributed by atoms with Crippen LogP contribution in [0.15, 0.2) is 60.7 Å². The smallest absolute Gasteiger partial charge is 0.336 e. The van der Waals surface area contributed by atoms with Crippen LogP contribution in [0.5, 0.6) is 0 Å². The summed E-state index contributed by atoms with van der Waals surface area (Å²) in [7, 11) is 0. The number of rotatable bonds is 8. The second-order valence-corrected chi connectivity index (χ2v) is 19.2. The number of carbonyl (C=O) groups excluding carboxylic acids is 2. The van der Waals surface area contributed by atoms with Crippen LogP contribution in [0, 0.1) is 56.7 Å². The highest BCUT2D eigenvalue weighted by Gasteiger charge is 2.71. The molecule has 0 bridgehead atoms. The van der Waals surface area contributed by atoms with Gasteiger partial charge in [-0.05, 0) is 152 Å². The molecule has 286 valence electrons. The molecule has 5 aliphatic carbocycles. The van der Waals surface area contributed by atoms with Crippen LogP contribution in [-0.2, 0) is 17.9 Å². The molecule has 2 aromatic rings. The molecule has 53 heavy (non-hydrogen) atoms. The Labute approximate surface area is 316 Å². The number of amides is 2. The van der Waals surface area contributed by atoms with E-state index in [-0.39, 0.29) is 57.6 Å². The van der Waals surface area contributed by atoms with E-state index < -0.39 is 11.4 Å². The summed E-state index contributed by atoms with van der Waals surface area (Å²) in [4.78, 5) is 39.5. The van der Waals surface area contributed by atoms with Gasteiger partial charge < -0.3 is 20.8 Å². The zero-order valence-electron chi connectivity index (χ0n) is 32.9. The molecule has 5 fully saturated rings. The predicted molar refractivity (Wildman–Crippen MR) is 208 cm³/mol. The number of fused-ring (bicyclic) bond motifs is 7. The van der Waals surface area contributed by atoms with E-state index in [0.717, 1.165) is 50.5 Å². The molecule has 7 heteroatoms. The average molecular weight is 723 g/mol. The van der Waals surface area contributed by atoms with Crippen molar-refractivity contribution in [3.63, 3.8) is 0 Å². The lowest BCUT2D eigenvalue weighted by molar-refractivity contribution is -0.246. The van der Waals surface area contributed by atoms with Gasteiger partial charge >= 0.3 is 5.97 Å². The Bertz CT molecular complexity index is 1800. The van der Waals surface area contributed by atoms with Crippen LogP contribution in [-0.4, -0.2) is 34.1 Å². The summed E-state index contributed by atoms with van der Waals surface area (Å²) >= 11 is 0. The highest BCUT2D eigenvalue weighted by Crippen LogP contribution is 2.77. The first kappa shape index (κ1) is 37.8. The third-order valence-electron chi connectivity index (χ3n) is 16.8. The van der Waals surface area contributed by atoms with Crippen LogP contribution in [0.3, 0.4) is 0 Å². The molecule has 4 N–H and O–H groups in total. The van der Waals surface area contributed by atoms with Gasteiger partial charge in [-0.15, -0.1) is 0 Å². The molecule has 0 aliphatic heterocycles. The van der Waals surface area contributed by atoms with Crippen molar-refractivity contribution < 1.29 is 24.6 Å². The van der Waals surface area contributed by atoms with Gasteiger partial charge in [-0.1, -0.05) is 77.1 Å². The number of benzene rings is 2. The fraction of sp³-hybridized carbons (Fsp3) is 0.630. The Morgan fingerprint density at radius 3 is 2.28 bits per heavy atom. The molecule has 5 saturated carbocycles. The van der Waals surface area contributed by atoms with E-state index in [1.165, 1.54) is 30.9 Å². The van der Waals surface area contributed by atoms with E-state index in [1.54, 1.807) is 24.3 Å². The average Bonchev–Trinajstić information content (AvgIpc) is 3.53. The van der Waals surface area contributed by atoms with Crippen molar-refractivity contribution >= 4 is 17.8 Å². The molecule has 10 atom stereocenters. The van der Waals surface area contributed by atoms with Crippen LogP contribution >= 0.6 is 0 Å². The number of hydrogen-bond acceptors (Lipinski definition) is 4. The van der Waals surface area contributed by atoms with Crippen LogP contribution in [0.25, 0.3) is 0 Å². The molecule has 0 heterocycles. The molecule has 7 rings (SSSR count). The number of aromatic carboxylic acids is 1. The van der Waals surface area contributed by atoms with Crippen LogP contribution in [0.4, 0.5) is 0 Å². The second kappa shape index (κ2) is 13.4. The molecule has 0 aromatic heterocycles. The highest BCUT2D eigenvalue weighted by atomic mass is 16.4. The molecule has 0 spiro atoms. The van der Waals surface area contributed by atoms with Crippen molar-refractivity contribution in [3.05, 3.63) is 82.9 Å². The number of allylic oxidation sites excluding steroid dienone is 1. The van der Waals surface area contributed by atoms with E-state index in [9.17, 15) is 24.6 Å². The van der Waals surface area contributed by atoms with Crippen molar-refractivity contribution in [2.24, 2.45) is 56.7 Å². The summed E-state index contributed by atoms with van der Waals surface area (Å²) in [5, 5.41) is 26.9. The maximum absolute atomic E-state index is 14.7. The van der Waals surface area contributed by atoms with Gasteiger partial charge in [0.15, 0.2) is 0 Å². The molecule has 2 aromatic carbocycles. The minimum absolute atomic E-state index is 0.0696. The van der Waals surface area contributed by atoms with Crippen molar-refractivity contribution in [2.75, 3.05) is 0 Å². The number of carboxylic acid groups (broad SMARTS) is 1. The molecule has 7 nitrogen and oxygen atoms in total. The van der Waals surface area contributed by atoms with E-state index >= 15 is 0 Å². The van der Waals surface area contributed by atoms with E-state index in [0.29, 0.717) is 41.3 Å². The van der Waals surface area contributed by atoms with Crippen molar-refractivity contribution in [3.8, 4) is 0 Å². The number of hydrogen-bond donors (Lipinski definition) is 4. The molecular weight excluding hydrogens is 661 g/mol. The third-order valence-corrected chi connectivity index (χ3v) is 16.8. The Balaban J connectivity index is 1.09. The van der Waals surface area contributed by atoms with Gasteiger partial charge in [0.25, 0.3) is 5.91 Å². The molecule has 5 aliphatic rings. The van der Waals surface area contributed by atoms with Gasteiger partial charge in [0.1, 0.15) is 0 Å². The number of carboxylic acids is 1. The zero-order valence-corrected chi connectivity index (χ0v) is 32.9. The van der Waals surface area contributed by atoms with Crippen LogP contribution in [0.2, 0.25) is 0 Å².